The van der Waals surface area contributed by atoms with Gasteiger partial charge in [0.1, 0.15) is 5.82 Å². The molecular weight excluding hydrogens is 532 g/mol. The number of amides is 1. The molecule has 1 heterocycles. The molecule has 1 aliphatic rings. The number of nitrogens with one attached hydrogen (secondary N) is 3. The molecule has 1 atom stereocenters. The average Bonchev–Trinajstić information content (AvgIpc) is 3.19. The van der Waals surface area contributed by atoms with Crippen molar-refractivity contribution in [1.29, 1.82) is 0 Å². The van der Waals surface area contributed by atoms with Crippen LogP contribution in [0.2, 0.25) is 5.02 Å². The first-order valence-corrected chi connectivity index (χ1v) is 10.4. The highest BCUT2D eigenvalue weighted by Gasteiger charge is 2.23. The van der Waals surface area contributed by atoms with Crippen molar-refractivity contribution in [2.45, 2.75) is 18.9 Å². The van der Waals surface area contributed by atoms with Crippen LogP contribution in [0, 0.1) is 5.82 Å². The average molecular weight is 560 g/mol. The molecule has 0 spiro atoms. The maximum Gasteiger partial charge on any atom is 0.224 e. The smallest absolute Gasteiger partial charge is 0.224 e. The third-order valence-electron chi connectivity index (χ3n) is 4.92. The van der Waals surface area contributed by atoms with E-state index < -0.39 is 0 Å². The van der Waals surface area contributed by atoms with Crippen molar-refractivity contribution in [2.75, 3.05) is 38.1 Å². The Labute approximate surface area is 204 Å². The second kappa shape index (κ2) is 12.7. The van der Waals surface area contributed by atoms with Crippen LogP contribution in [0.1, 0.15) is 12.0 Å². The molecule has 9 heteroatoms. The molecule has 0 saturated carbocycles. The van der Waals surface area contributed by atoms with Gasteiger partial charge in [0.15, 0.2) is 5.96 Å². The first-order chi connectivity index (χ1) is 14.5. The van der Waals surface area contributed by atoms with Gasteiger partial charge in [-0.05, 0) is 42.3 Å². The van der Waals surface area contributed by atoms with E-state index in [0.29, 0.717) is 24.6 Å². The molecule has 3 N–H and O–H groups in total. The van der Waals surface area contributed by atoms with Gasteiger partial charge in [-0.25, -0.2) is 4.39 Å². The SMILES string of the molecule is CN=C(NCCNC(=O)Cc1cccc(F)c1)NC1CCN(c2cccc(Cl)c2)C1.I. The molecular formula is C22H28ClFIN5O. The normalized spacial score (nSPS) is 15.9. The van der Waals surface area contributed by atoms with Crippen LogP contribution < -0.4 is 20.9 Å². The van der Waals surface area contributed by atoms with Crippen molar-refractivity contribution in [3.63, 3.8) is 0 Å². The van der Waals surface area contributed by atoms with Crippen LogP contribution in [0.3, 0.4) is 0 Å². The molecule has 2 aromatic carbocycles. The summed E-state index contributed by atoms with van der Waals surface area (Å²) in [5.41, 5.74) is 1.78. The highest BCUT2D eigenvalue weighted by Crippen LogP contribution is 2.23. The molecule has 168 valence electrons. The van der Waals surface area contributed by atoms with Crippen LogP contribution in [0.25, 0.3) is 0 Å². The van der Waals surface area contributed by atoms with Gasteiger partial charge in [-0.1, -0.05) is 29.8 Å². The number of benzene rings is 2. The Bertz CT molecular complexity index is 898. The van der Waals surface area contributed by atoms with Crippen LogP contribution in [0.15, 0.2) is 53.5 Å². The van der Waals surface area contributed by atoms with Gasteiger partial charge in [0, 0.05) is 50.0 Å². The number of hydrogen-bond acceptors (Lipinski definition) is 3. The molecule has 0 radical (unpaired) electrons. The van der Waals surface area contributed by atoms with Crippen molar-refractivity contribution in [3.05, 3.63) is 64.9 Å². The van der Waals surface area contributed by atoms with Gasteiger partial charge in [-0.15, -0.1) is 24.0 Å². The summed E-state index contributed by atoms with van der Waals surface area (Å²) in [6, 6.07) is 14.2. The minimum atomic E-state index is -0.335. The minimum Gasteiger partial charge on any atom is -0.369 e. The fourth-order valence-corrected chi connectivity index (χ4v) is 3.64. The highest BCUT2D eigenvalue weighted by molar-refractivity contribution is 14.0. The molecule has 1 fully saturated rings. The largest absolute Gasteiger partial charge is 0.369 e. The quantitative estimate of drug-likeness (QED) is 0.211. The first kappa shape index (κ1) is 25.2. The van der Waals surface area contributed by atoms with Crippen molar-refractivity contribution in [3.8, 4) is 0 Å². The fraction of sp³-hybridized carbons (Fsp3) is 0.364. The zero-order chi connectivity index (χ0) is 21.3. The predicted octanol–water partition coefficient (Wildman–Crippen LogP) is 3.20. The third-order valence-corrected chi connectivity index (χ3v) is 5.15. The molecule has 31 heavy (non-hydrogen) atoms. The van der Waals surface area contributed by atoms with Crippen LogP contribution >= 0.6 is 35.6 Å². The topological polar surface area (TPSA) is 68.8 Å². The molecule has 2 aromatic rings. The van der Waals surface area contributed by atoms with E-state index in [1.54, 1.807) is 19.2 Å². The number of hydrogen-bond donors (Lipinski definition) is 3. The van der Waals surface area contributed by atoms with Crippen molar-refractivity contribution < 1.29 is 9.18 Å². The predicted molar refractivity (Wildman–Crippen MR) is 135 cm³/mol. The van der Waals surface area contributed by atoms with Crippen molar-refractivity contribution in [1.82, 2.24) is 16.0 Å². The van der Waals surface area contributed by atoms with Gasteiger partial charge >= 0.3 is 0 Å². The Morgan fingerprint density at radius 3 is 2.71 bits per heavy atom. The molecule has 1 amide bonds. The van der Waals surface area contributed by atoms with E-state index in [0.717, 1.165) is 30.2 Å². The standard InChI is InChI=1S/C22H27ClFN5O.HI/c1-25-22(27-10-9-26-21(30)13-16-4-2-6-18(24)12-16)28-19-8-11-29(15-19)20-7-3-5-17(23)14-20;/h2-7,12,14,19H,8-11,13,15H2,1H3,(H,26,30)(H2,25,27,28);1H. The Hall–Kier alpha value is -2.07. The monoisotopic (exact) mass is 559 g/mol. The summed E-state index contributed by atoms with van der Waals surface area (Å²) in [7, 11) is 1.72. The van der Waals surface area contributed by atoms with Gasteiger partial charge in [0.05, 0.1) is 6.42 Å². The van der Waals surface area contributed by atoms with E-state index >= 15 is 0 Å². The van der Waals surface area contributed by atoms with E-state index in [9.17, 15) is 9.18 Å². The van der Waals surface area contributed by atoms with Crippen molar-refractivity contribution in [2.24, 2.45) is 4.99 Å². The number of rotatable bonds is 7. The number of anilines is 1. The second-order valence-electron chi connectivity index (χ2n) is 7.21. The lowest BCUT2D eigenvalue weighted by atomic mass is 10.1. The van der Waals surface area contributed by atoms with Gasteiger partial charge < -0.3 is 20.9 Å². The van der Waals surface area contributed by atoms with Gasteiger partial charge in [0.25, 0.3) is 0 Å². The van der Waals surface area contributed by atoms with Gasteiger partial charge in [0.2, 0.25) is 5.91 Å². The summed E-state index contributed by atoms with van der Waals surface area (Å²) < 4.78 is 13.2. The van der Waals surface area contributed by atoms with Gasteiger partial charge in [-0.3, -0.25) is 9.79 Å². The second-order valence-corrected chi connectivity index (χ2v) is 7.65. The Kier molecular flexibility index (Phi) is 10.3. The number of guanidine groups is 1. The third kappa shape index (κ3) is 8.17. The lowest BCUT2D eigenvalue weighted by molar-refractivity contribution is -0.120. The highest BCUT2D eigenvalue weighted by atomic mass is 127. The van der Waals surface area contributed by atoms with Crippen LogP contribution in [0.5, 0.6) is 0 Å². The summed E-state index contributed by atoms with van der Waals surface area (Å²) in [5, 5.41) is 10.2. The molecule has 0 aliphatic carbocycles. The lowest BCUT2D eigenvalue weighted by Crippen LogP contribution is -2.46. The number of nitrogens with zero attached hydrogens (tertiary/aromatic N) is 2. The van der Waals surface area contributed by atoms with Crippen LogP contribution in [0.4, 0.5) is 10.1 Å². The van der Waals surface area contributed by atoms with E-state index in [-0.39, 0.29) is 48.2 Å². The maximum absolute atomic E-state index is 13.2. The van der Waals surface area contributed by atoms with E-state index in [2.05, 4.69) is 31.9 Å². The molecule has 3 rings (SSSR count). The summed E-state index contributed by atoms with van der Waals surface area (Å²) >= 11 is 6.09. The molecule has 1 saturated heterocycles. The molecule has 0 bridgehead atoms. The summed E-state index contributed by atoms with van der Waals surface area (Å²) in [6.45, 7) is 2.81. The summed E-state index contributed by atoms with van der Waals surface area (Å²) in [5.74, 6) is 0.225. The zero-order valence-corrected chi connectivity index (χ0v) is 20.5. The Balaban J connectivity index is 0.00000341. The number of carbonyl (C=O) groups is 1. The van der Waals surface area contributed by atoms with Crippen LogP contribution in [-0.2, 0) is 11.2 Å². The Morgan fingerprint density at radius 1 is 1.19 bits per heavy atom. The summed E-state index contributed by atoms with van der Waals surface area (Å²) in [4.78, 5) is 18.5. The lowest BCUT2D eigenvalue weighted by Gasteiger charge is -2.20. The van der Waals surface area contributed by atoms with E-state index in [4.69, 9.17) is 11.6 Å². The Morgan fingerprint density at radius 2 is 1.97 bits per heavy atom. The number of carbonyl (C=O) groups excluding carboxylic acids is 1. The zero-order valence-electron chi connectivity index (χ0n) is 17.4. The number of halogens is 3. The first-order valence-electron chi connectivity index (χ1n) is 10.0. The van der Waals surface area contributed by atoms with E-state index in [1.165, 1.54) is 12.1 Å². The van der Waals surface area contributed by atoms with E-state index in [1.807, 2.05) is 18.2 Å². The molecule has 6 nitrogen and oxygen atoms in total. The molecule has 0 aromatic heterocycles. The molecule has 1 unspecified atom stereocenters. The van der Waals surface area contributed by atoms with Crippen molar-refractivity contribution >= 4 is 53.1 Å². The minimum absolute atomic E-state index is 0. The summed E-state index contributed by atoms with van der Waals surface area (Å²) in [6.07, 6.45) is 1.16. The van der Waals surface area contributed by atoms with Crippen LogP contribution in [-0.4, -0.2) is 51.1 Å². The molecule has 1 aliphatic heterocycles. The van der Waals surface area contributed by atoms with Gasteiger partial charge in [-0.2, -0.15) is 0 Å². The fourth-order valence-electron chi connectivity index (χ4n) is 3.45. The maximum atomic E-state index is 13.2. The number of aliphatic imine (C=N–C) groups is 1.